The molecule has 0 saturated carbocycles. The van der Waals surface area contributed by atoms with Crippen LogP contribution in [0, 0.1) is 0 Å². The molecule has 9 heteroatoms. The maximum atomic E-state index is 12.2. The van der Waals surface area contributed by atoms with Crippen LogP contribution in [0.3, 0.4) is 0 Å². The fourth-order valence-corrected chi connectivity index (χ4v) is 3.63. The molecule has 0 unspecified atom stereocenters. The highest BCUT2D eigenvalue weighted by molar-refractivity contribution is 7.99. The average Bonchev–Trinajstić information content (AvgIpc) is 2.82. The first-order valence-corrected chi connectivity index (χ1v) is 12.2. The molecule has 0 atom stereocenters. The van der Waals surface area contributed by atoms with Gasteiger partial charge in [0.25, 0.3) is 0 Å². The Morgan fingerprint density at radius 3 is 1.35 bits per heavy atom. The lowest BCUT2D eigenvalue weighted by Crippen LogP contribution is -2.31. The van der Waals surface area contributed by atoms with Crippen molar-refractivity contribution in [1.29, 1.82) is 0 Å². The van der Waals surface area contributed by atoms with E-state index in [4.69, 9.17) is 9.47 Å². The summed E-state index contributed by atoms with van der Waals surface area (Å²) in [6, 6.07) is 14.6. The number of hydrogen-bond acceptors (Lipinski definition) is 9. The van der Waals surface area contributed by atoms with Crippen molar-refractivity contribution in [3.05, 3.63) is 59.7 Å². The smallest absolute Gasteiger partial charge is 0.338 e. The summed E-state index contributed by atoms with van der Waals surface area (Å²) in [7, 11) is 7.79. The second kappa shape index (κ2) is 14.1. The van der Waals surface area contributed by atoms with E-state index >= 15 is 0 Å². The summed E-state index contributed by atoms with van der Waals surface area (Å²) in [5.41, 5.74) is 3.10. The highest BCUT2D eigenvalue weighted by Crippen LogP contribution is 2.15. The first kappa shape index (κ1) is 27.9. The van der Waals surface area contributed by atoms with Crippen molar-refractivity contribution in [2.45, 2.75) is 17.5 Å². The van der Waals surface area contributed by atoms with Crippen molar-refractivity contribution in [2.75, 3.05) is 64.3 Å². The standard InChI is InChI=1S/C25H35N3O4S2/c1-26(2)21-11-7-19(8-12-21)23(29)31-17-5-15-28(25(33)34)16-6-18-32-24(30)20-9-13-22(14-10-20)27(3)4/h7-14,25,33-34H,5-6,15-18H2,1-4H3. The van der Waals surface area contributed by atoms with Crippen LogP contribution < -0.4 is 9.80 Å². The van der Waals surface area contributed by atoms with Gasteiger partial charge in [0.2, 0.25) is 0 Å². The molecule has 0 N–H and O–H groups in total. The molecule has 0 amide bonds. The lowest BCUT2D eigenvalue weighted by Gasteiger charge is -2.24. The molecule has 0 aliphatic carbocycles. The predicted octanol–water partition coefficient (Wildman–Crippen LogP) is 4.06. The van der Waals surface area contributed by atoms with E-state index in [9.17, 15) is 9.59 Å². The zero-order chi connectivity index (χ0) is 25.1. The molecule has 2 rings (SSSR count). The largest absolute Gasteiger partial charge is 0.462 e. The van der Waals surface area contributed by atoms with Gasteiger partial charge >= 0.3 is 11.9 Å². The van der Waals surface area contributed by atoms with Gasteiger partial charge in [0.15, 0.2) is 0 Å². The van der Waals surface area contributed by atoms with Crippen molar-refractivity contribution in [1.82, 2.24) is 4.90 Å². The number of rotatable bonds is 13. The Morgan fingerprint density at radius 1 is 0.706 bits per heavy atom. The van der Waals surface area contributed by atoms with Crippen LogP contribution in [0.2, 0.25) is 0 Å². The molecule has 0 saturated heterocycles. The van der Waals surface area contributed by atoms with E-state index in [1.54, 1.807) is 24.3 Å². The number of carbonyl (C=O) groups is 2. The average molecular weight is 506 g/mol. The van der Waals surface area contributed by atoms with E-state index in [1.807, 2.05) is 67.2 Å². The van der Waals surface area contributed by atoms with E-state index in [0.29, 0.717) is 50.3 Å². The van der Waals surface area contributed by atoms with Gasteiger partial charge in [0, 0.05) is 52.7 Å². The molecule has 2 aromatic rings. The summed E-state index contributed by atoms with van der Waals surface area (Å²) in [4.78, 5) is 30.4. The molecule has 0 aromatic heterocycles. The van der Waals surface area contributed by atoms with Crippen LogP contribution in [0.25, 0.3) is 0 Å². The Bertz CT molecular complexity index is 832. The minimum Gasteiger partial charge on any atom is -0.462 e. The third kappa shape index (κ3) is 9.12. The maximum absolute atomic E-state index is 12.2. The van der Waals surface area contributed by atoms with Crippen LogP contribution in [-0.4, -0.2) is 76.0 Å². The summed E-state index contributed by atoms with van der Waals surface area (Å²) in [6.07, 6.45) is 1.30. The Morgan fingerprint density at radius 2 is 1.06 bits per heavy atom. The van der Waals surface area contributed by atoms with Crippen molar-refractivity contribution in [2.24, 2.45) is 0 Å². The topological polar surface area (TPSA) is 62.3 Å². The monoisotopic (exact) mass is 505 g/mol. The van der Waals surface area contributed by atoms with Gasteiger partial charge in [0.05, 0.1) is 29.0 Å². The van der Waals surface area contributed by atoms with Crippen LogP contribution in [0.4, 0.5) is 11.4 Å². The van der Waals surface area contributed by atoms with Crippen LogP contribution in [0.1, 0.15) is 33.6 Å². The van der Waals surface area contributed by atoms with Crippen molar-refractivity contribution < 1.29 is 19.1 Å². The lowest BCUT2D eigenvalue weighted by molar-refractivity contribution is 0.0480. The Kier molecular flexibility index (Phi) is 11.6. The fraction of sp³-hybridized carbons (Fsp3) is 0.440. The molecule has 7 nitrogen and oxygen atoms in total. The highest BCUT2D eigenvalue weighted by atomic mass is 32.2. The number of carbonyl (C=O) groups excluding carboxylic acids is 2. The summed E-state index contributed by atoms with van der Waals surface area (Å²) in [6.45, 7) is 1.92. The van der Waals surface area contributed by atoms with Gasteiger partial charge < -0.3 is 19.3 Å². The van der Waals surface area contributed by atoms with Gasteiger partial charge in [-0.2, -0.15) is 0 Å². The summed E-state index contributed by atoms with van der Waals surface area (Å²) >= 11 is 8.82. The molecule has 0 aliphatic heterocycles. The number of benzene rings is 2. The van der Waals surface area contributed by atoms with Gasteiger partial charge in [-0.25, -0.2) is 9.59 Å². The maximum Gasteiger partial charge on any atom is 0.338 e. The fourth-order valence-electron chi connectivity index (χ4n) is 3.17. The van der Waals surface area contributed by atoms with Crippen LogP contribution in [0.5, 0.6) is 0 Å². The Balaban J connectivity index is 1.68. The normalized spacial score (nSPS) is 10.9. The SMILES string of the molecule is CN(C)c1ccc(C(=O)OCCCN(CCCOC(=O)c2ccc(N(C)C)cc2)C(S)S)cc1. The Hall–Kier alpha value is -2.36. The van der Waals surface area contributed by atoms with Crippen LogP contribution in [0.15, 0.2) is 48.5 Å². The first-order valence-electron chi connectivity index (χ1n) is 11.2. The molecule has 0 spiro atoms. The first-order chi connectivity index (χ1) is 16.2. The number of esters is 2. The van der Waals surface area contributed by atoms with Crippen LogP contribution in [-0.2, 0) is 9.47 Å². The summed E-state index contributed by atoms with van der Waals surface area (Å²) < 4.78 is 10.5. The summed E-state index contributed by atoms with van der Waals surface area (Å²) in [5.74, 6) is -0.675. The van der Waals surface area contributed by atoms with Gasteiger partial charge in [-0.1, -0.05) is 0 Å². The zero-order valence-electron chi connectivity index (χ0n) is 20.3. The van der Waals surface area contributed by atoms with E-state index in [1.165, 1.54) is 0 Å². The quantitative estimate of drug-likeness (QED) is 0.184. The summed E-state index contributed by atoms with van der Waals surface area (Å²) in [5, 5.41) is 0. The van der Waals surface area contributed by atoms with Gasteiger partial charge in [-0.3, -0.25) is 4.90 Å². The third-order valence-electron chi connectivity index (χ3n) is 5.21. The molecule has 0 aliphatic rings. The molecule has 0 bridgehead atoms. The Labute approximate surface area is 213 Å². The van der Waals surface area contributed by atoms with Crippen molar-refractivity contribution in [3.63, 3.8) is 0 Å². The molecule has 0 radical (unpaired) electrons. The zero-order valence-corrected chi connectivity index (χ0v) is 22.1. The molecule has 0 heterocycles. The van der Waals surface area contributed by atoms with Crippen molar-refractivity contribution >= 4 is 48.6 Å². The number of hydrogen-bond donors (Lipinski definition) is 2. The van der Waals surface area contributed by atoms with Gasteiger partial charge in [0.1, 0.15) is 0 Å². The number of thiol groups is 2. The molecule has 2 aromatic carbocycles. The van der Waals surface area contributed by atoms with E-state index in [-0.39, 0.29) is 16.6 Å². The number of anilines is 2. The molecule has 0 fully saturated rings. The molecular weight excluding hydrogens is 470 g/mol. The van der Waals surface area contributed by atoms with Gasteiger partial charge in [-0.05, 0) is 61.4 Å². The third-order valence-corrected chi connectivity index (χ3v) is 5.86. The molecule has 186 valence electrons. The van der Waals surface area contributed by atoms with Crippen molar-refractivity contribution in [3.8, 4) is 0 Å². The molecular formula is C25H35N3O4S2. The predicted molar refractivity (Wildman–Crippen MR) is 145 cm³/mol. The minimum atomic E-state index is -0.337. The van der Waals surface area contributed by atoms with Crippen LogP contribution >= 0.6 is 25.3 Å². The van der Waals surface area contributed by atoms with E-state index < -0.39 is 0 Å². The highest BCUT2D eigenvalue weighted by Gasteiger charge is 2.13. The lowest BCUT2D eigenvalue weighted by atomic mass is 10.2. The molecule has 34 heavy (non-hydrogen) atoms. The number of nitrogens with zero attached hydrogens (tertiary/aromatic N) is 3. The van der Waals surface area contributed by atoms with Gasteiger partial charge in [-0.15, -0.1) is 25.3 Å². The second-order valence-corrected chi connectivity index (χ2v) is 9.63. The number of ether oxygens (including phenoxy) is 2. The minimum absolute atomic E-state index is 0.261. The van der Waals surface area contributed by atoms with E-state index in [0.717, 1.165) is 11.4 Å². The second-order valence-electron chi connectivity index (χ2n) is 8.24. The van der Waals surface area contributed by atoms with E-state index in [2.05, 4.69) is 25.3 Å².